The highest BCUT2D eigenvalue weighted by atomic mass is 31.1. The van der Waals surface area contributed by atoms with Gasteiger partial charge in [-0.2, -0.15) is 0 Å². The fraction of sp³-hybridized carbons (Fsp3) is 0.750. The van der Waals surface area contributed by atoms with Gasteiger partial charge in [0.05, 0.1) is 12.1 Å². The van der Waals surface area contributed by atoms with Crippen LogP contribution in [0, 0.1) is 0 Å². The van der Waals surface area contributed by atoms with Gasteiger partial charge < -0.3 is 5.11 Å². The minimum absolute atomic E-state index is 0.307. The van der Waals surface area contributed by atoms with Crippen LogP contribution >= 0.6 is 7.68 Å². The van der Waals surface area contributed by atoms with Crippen LogP contribution in [0.15, 0.2) is 0 Å². The zero-order valence-corrected chi connectivity index (χ0v) is 5.80. The molecule has 0 fully saturated rings. The summed E-state index contributed by atoms with van der Waals surface area (Å²) in [6.07, 6.45) is -0.307. The molecule has 0 saturated heterocycles. The highest BCUT2D eigenvalue weighted by Gasteiger charge is 2.11. The Bertz CT molecular complexity index is 163. The Balaban J connectivity index is 3.78. The molecule has 1 unspecified atom stereocenters. The normalized spacial score (nSPS) is 12.6. The summed E-state index contributed by atoms with van der Waals surface area (Å²) >= 11 is 0. The first kappa shape index (κ1) is 8.37. The number of rotatable bonds is 3. The van der Waals surface area contributed by atoms with Gasteiger partial charge >= 0.3 is 13.6 Å². The van der Waals surface area contributed by atoms with Crippen LogP contribution in [0.4, 0.5) is 0 Å². The topological polar surface area (TPSA) is 71.4 Å². The van der Waals surface area contributed by atoms with Crippen molar-refractivity contribution in [2.24, 2.45) is 0 Å². The van der Waals surface area contributed by atoms with Gasteiger partial charge in [-0.25, -0.2) is 9.13 Å². The fourth-order valence-corrected chi connectivity index (χ4v) is 0.633. The molecule has 0 aromatic carbocycles. The van der Waals surface area contributed by atoms with E-state index < -0.39 is 19.3 Å². The summed E-state index contributed by atoms with van der Waals surface area (Å²) in [6, 6.07) is 0. The van der Waals surface area contributed by atoms with E-state index in [1.165, 1.54) is 6.92 Å². The maximum absolute atomic E-state index is 10.0. The molecule has 0 aliphatic carbocycles. The van der Waals surface area contributed by atoms with Crippen LogP contribution < -0.4 is 0 Å². The third kappa shape index (κ3) is 3.91. The van der Waals surface area contributed by atoms with Gasteiger partial charge in [-0.15, -0.1) is 0 Å². The second-order valence-corrected chi connectivity index (χ2v) is 3.18. The van der Waals surface area contributed by atoms with Crippen molar-refractivity contribution in [1.82, 2.24) is 0 Å². The average molecular weight is 150 g/mol. The second kappa shape index (κ2) is 3.41. The van der Waals surface area contributed by atoms with Gasteiger partial charge in [0.25, 0.3) is 0 Å². The molecular weight excluding hydrogens is 143 g/mol. The van der Waals surface area contributed by atoms with E-state index in [-0.39, 0.29) is 6.42 Å². The predicted octanol–water partition coefficient (Wildman–Crippen LogP) is 1.02. The van der Waals surface area contributed by atoms with Gasteiger partial charge in [0.15, 0.2) is 0 Å². The molecule has 4 nitrogen and oxygen atoms in total. The zero-order valence-electron chi connectivity index (χ0n) is 4.90. The van der Waals surface area contributed by atoms with Crippen molar-refractivity contribution in [1.29, 1.82) is 0 Å². The van der Waals surface area contributed by atoms with Crippen molar-refractivity contribution in [2.75, 3.05) is 0 Å². The van der Waals surface area contributed by atoms with Gasteiger partial charge in [0.1, 0.15) is 0 Å². The molecule has 1 N–H and O–H groups in total. The molecule has 0 heterocycles. The summed E-state index contributed by atoms with van der Waals surface area (Å²) in [4.78, 5) is 9.85. The Hall–Kier alpha value is -0.630. The monoisotopic (exact) mass is 150 g/mol. The average Bonchev–Trinajstić information content (AvgIpc) is 1.63. The molecule has 0 aromatic heterocycles. The summed E-state index contributed by atoms with van der Waals surface area (Å²) in [5, 5.41) is 8.07. The molecular formula is C4H7O4P. The summed E-state index contributed by atoms with van der Waals surface area (Å²) in [5.41, 5.74) is -0.752. The van der Waals surface area contributed by atoms with Crippen molar-refractivity contribution in [3.63, 3.8) is 0 Å². The molecule has 0 aliphatic rings. The minimum atomic E-state index is -2.58. The number of hydrogen-bond donors (Lipinski definition) is 1. The molecule has 0 saturated carbocycles. The van der Waals surface area contributed by atoms with E-state index in [2.05, 4.69) is 0 Å². The molecule has 0 radical (unpaired) electrons. The van der Waals surface area contributed by atoms with Gasteiger partial charge in [0, 0.05) is 0 Å². The molecule has 0 aliphatic heterocycles. The molecule has 0 bridgehead atoms. The highest BCUT2D eigenvalue weighted by Crippen LogP contribution is 2.16. The number of hydrogen-bond acceptors (Lipinski definition) is 3. The SMILES string of the molecule is CC(CC(=O)O)P(=O)=O. The van der Waals surface area contributed by atoms with E-state index in [1.54, 1.807) is 0 Å². The Morgan fingerprint density at radius 3 is 2.22 bits per heavy atom. The van der Waals surface area contributed by atoms with E-state index >= 15 is 0 Å². The Kier molecular flexibility index (Phi) is 3.17. The lowest BCUT2D eigenvalue weighted by molar-refractivity contribution is -0.136. The van der Waals surface area contributed by atoms with Crippen molar-refractivity contribution in [3.05, 3.63) is 0 Å². The highest BCUT2D eigenvalue weighted by molar-refractivity contribution is 7.31. The van der Waals surface area contributed by atoms with Crippen LogP contribution in [0.2, 0.25) is 0 Å². The first-order valence-electron chi connectivity index (χ1n) is 2.39. The van der Waals surface area contributed by atoms with Crippen molar-refractivity contribution in [2.45, 2.75) is 19.0 Å². The molecule has 52 valence electrons. The zero-order chi connectivity index (χ0) is 7.44. The lowest BCUT2D eigenvalue weighted by atomic mass is 10.3. The Morgan fingerprint density at radius 2 is 2.11 bits per heavy atom. The molecule has 0 aromatic rings. The first-order chi connectivity index (χ1) is 4.04. The molecule has 0 rings (SSSR count). The van der Waals surface area contributed by atoms with Crippen LogP contribution in [0.5, 0.6) is 0 Å². The Labute approximate surface area is 52.7 Å². The standard InChI is InChI=1S/C4H7O4P/c1-3(9(7)8)2-4(5)6/h3H,2H2,1H3,(H,5,6). The largest absolute Gasteiger partial charge is 0.481 e. The van der Waals surface area contributed by atoms with Crippen LogP contribution in [-0.4, -0.2) is 16.7 Å². The fourth-order valence-electron chi connectivity index (χ4n) is 0.327. The quantitative estimate of drug-likeness (QED) is 0.609. The number of carboxylic acids is 1. The van der Waals surface area contributed by atoms with Crippen LogP contribution in [0.3, 0.4) is 0 Å². The maximum atomic E-state index is 10.0. The van der Waals surface area contributed by atoms with Crippen LogP contribution in [0.25, 0.3) is 0 Å². The molecule has 0 spiro atoms. The van der Waals surface area contributed by atoms with Gasteiger partial charge in [-0.05, 0) is 6.92 Å². The van der Waals surface area contributed by atoms with Crippen LogP contribution in [-0.2, 0) is 13.9 Å². The maximum Gasteiger partial charge on any atom is 0.319 e. The number of carbonyl (C=O) groups is 1. The summed E-state index contributed by atoms with van der Waals surface area (Å²) < 4.78 is 20.0. The third-order valence-corrected chi connectivity index (χ3v) is 1.73. The minimum Gasteiger partial charge on any atom is -0.481 e. The Morgan fingerprint density at radius 1 is 1.67 bits per heavy atom. The van der Waals surface area contributed by atoms with E-state index in [0.717, 1.165) is 0 Å². The van der Waals surface area contributed by atoms with Crippen LogP contribution in [0.1, 0.15) is 13.3 Å². The van der Waals surface area contributed by atoms with E-state index in [1.807, 2.05) is 0 Å². The van der Waals surface area contributed by atoms with E-state index in [4.69, 9.17) is 5.11 Å². The number of carboxylic acid groups (broad SMARTS) is 1. The van der Waals surface area contributed by atoms with Gasteiger partial charge in [-0.1, -0.05) is 0 Å². The van der Waals surface area contributed by atoms with Crippen molar-refractivity contribution in [3.8, 4) is 0 Å². The van der Waals surface area contributed by atoms with E-state index in [9.17, 15) is 13.9 Å². The summed E-state index contributed by atoms with van der Waals surface area (Å²) in [7, 11) is -2.58. The lowest BCUT2D eigenvalue weighted by Gasteiger charge is -1.92. The predicted molar refractivity (Wildman–Crippen MR) is 30.0 cm³/mol. The lowest BCUT2D eigenvalue weighted by Crippen LogP contribution is -2.03. The molecule has 1 atom stereocenters. The summed E-state index contributed by atoms with van der Waals surface area (Å²) in [6.45, 7) is 1.36. The van der Waals surface area contributed by atoms with Crippen molar-refractivity contribution < 1.29 is 19.0 Å². The number of aliphatic carboxylic acids is 1. The molecule has 5 heteroatoms. The van der Waals surface area contributed by atoms with Gasteiger partial charge in [0.2, 0.25) is 0 Å². The molecule has 0 amide bonds. The van der Waals surface area contributed by atoms with E-state index in [0.29, 0.717) is 0 Å². The van der Waals surface area contributed by atoms with Crippen molar-refractivity contribution >= 4 is 13.6 Å². The first-order valence-corrected chi connectivity index (χ1v) is 3.64. The third-order valence-electron chi connectivity index (χ3n) is 0.830. The summed E-state index contributed by atoms with van der Waals surface area (Å²) in [5.74, 6) is -1.08. The van der Waals surface area contributed by atoms with Gasteiger partial charge in [-0.3, -0.25) is 4.79 Å². The molecule has 9 heavy (non-hydrogen) atoms. The smallest absolute Gasteiger partial charge is 0.319 e. The second-order valence-electron chi connectivity index (χ2n) is 1.73.